The summed E-state index contributed by atoms with van der Waals surface area (Å²) in [6.45, 7) is 5.93. The van der Waals surface area contributed by atoms with Crippen LogP contribution in [0.4, 0.5) is 0 Å². The summed E-state index contributed by atoms with van der Waals surface area (Å²) in [6, 6.07) is 0. The number of aliphatic hydroxyl groups excluding tert-OH is 1. The maximum absolute atomic E-state index is 10.6. The van der Waals surface area contributed by atoms with Gasteiger partial charge >= 0.3 is 0 Å². The summed E-state index contributed by atoms with van der Waals surface area (Å²) >= 11 is 0. The Morgan fingerprint density at radius 2 is 1.90 bits per heavy atom. The lowest BCUT2D eigenvalue weighted by Crippen LogP contribution is -2.10. The number of Topliss-reactive ketones (excluding diaryl/α,β-unsaturated/α-hetero) is 1. The molecule has 0 radical (unpaired) electrons. The van der Waals surface area contributed by atoms with E-state index in [0.29, 0.717) is 6.42 Å². The minimum Gasteiger partial charge on any atom is -0.389 e. The smallest absolute Gasteiger partial charge is 0.158 e. The quantitative estimate of drug-likeness (QED) is 0.649. The van der Waals surface area contributed by atoms with Crippen LogP contribution in [0, 0.1) is 5.41 Å². The summed E-state index contributed by atoms with van der Waals surface area (Å²) < 4.78 is 0. The number of carbonyl (C=O) groups is 1. The van der Waals surface area contributed by atoms with Crippen molar-refractivity contribution in [3.63, 3.8) is 0 Å². The Hall–Kier alpha value is -0.370. The van der Waals surface area contributed by atoms with Crippen LogP contribution in [-0.4, -0.2) is 17.5 Å². The van der Waals surface area contributed by atoms with Crippen molar-refractivity contribution in [1.82, 2.24) is 0 Å². The first-order valence-corrected chi connectivity index (χ1v) is 3.58. The number of aliphatic hydroxyl groups is 1. The normalized spacial score (nSPS) is 11.6. The van der Waals surface area contributed by atoms with Crippen LogP contribution in [0.3, 0.4) is 0 Å². The molecular weight excluding hydrogens is 128 g/mol. The second-order valence-corrected chi connectivity index (χ2v) is 3.76. The van der Waals surface area contributed by atoms with Gasteiger partial charge < -0.3 is 5.11 Å². The molecule has 0 aliphatic carbocycles. The van der Waals surface area contributed by atoms with Crippen molar-refractivity contribution in [1.29, 1.82) is 0 Å². The molecule has 2 heteroatoms. The van der Waals surface area contributed by atoms with Crippen LogP contribution in [0.15, 0.2) is 0 Å². The van der Waals surface area contributed by atoms with E-state index in [-0.39, 0.29) is 17.8 Å². The first-order chi connectivity index (χ1) is 4.45. The lowest BCUT2D eigenvalue weighted by molar-refractivity contribution is -0.122. The average Bonchev–Trinajstić information content (AvgIpc) is 1.81. The van der Waals surface area contributed by atoms with Gasteiger partial charge in [0, 0.05) is 6.42 Å². The van der Waals surface area contributed by atoms with Crippen molar-refractivity contribution in [3.8, 4) is 0 Å². The average molecular weight is 144 g/mol. The minimum atomic E-state index is -0.309. The zero-order valence-corrected chi connectivity index (χ0v) is 6.98. The van der Waals surface area contributed by atoms with Crippen molar-refractivity contribution in [3.05, 3.63) is 0 Å². The lowest BCUT2D eigenvalue weighted by Gasteiger charge is -2.16. The lowest BCUT2D eigenvalue weighted by atomic mass is 9.90. The maximum Gasteiger partial charge on any atom is 0.158 e. The topological polar surface area (TPSA) is 37.3 Å². The Morgan fingerprint density at radius 3 is 2.20 bits per heavy atom. The summed E-state index contributed by atoms with van der Waals surface area (Å²) in [6.07, 6.45) is 1.35. The van der Waals surface area contributed by atoms with E-state index >= 15 is 0 Å². The molecule has 0 unspecified atom stereocenters. The van der Waals surface area contributed by atoms with E-state index in [0.717, 1.165) is 6.42 Å². The van der Waals surface area contributed by atoms with Crippen molar-refractivity contribution < 1.29 is 9.90 Å². The van der Waals surface area contributed by atoms with Gasteiger partial charge in [0.25, 0.3) is 0 Å². The van der Waals surface area contributed by atoms with Gasteiger partial charge in [-0.05, 0) is 11.8 Å². The summed E-state index contributed by atoms with van der Waals surface area (Å²) in [5.74, 6) is -0.0603. The Labute approximate surface area is 62.2 Å². The van der Waals surface area contributed by atoms with Gasteiger partial charge in [0.1, 0.15) is 6.61 Å². The van der Waals surface area contributed by atoms with E-state index in [1.807, 2.05) is 0 Å². The molecule has 0 aromatic heterocycles. The molecule has 0 atom stereocenters. The van der Waals surface area contributed by atoms with Crippen LogP contribution in [0.1, 0.15) is 33.6 Å². The summed E-state index contributed by atoms with van der Waals surface area (Å²) in [5.41, 5.74) is 0.199. The molecule has 0 spiro atoms. The Bertz CT molecular complexity index is 111. The molecule has 10 heavy (non-hydrogen) atoms. The molecule has 1 N–H and O–H groups in total. The summed E-state index contributed by atoms with van der Waals surface area (Å²) in [7, 11) is 0. The molecule has 0 fully saturated rings. The van der Waals surface area contributed by atoms with E-state index in [1.54, 1.807) is 0 Å². The highest BCUT2D eigenvalue weighted by Gasteiger charge is 2.11. The highest BCUT2D eigenvalue weighted by molar-refractivity contribution is 5.79. The van der Waals surface area contributed by atoms with Gasteiger partial charge in [0.05, 0.1) is 0 Å². The monoisotopic (exact) mass is 144 g/mol. The minimum absolute atomic E-state index is 0.0603. The summed E-state index contributed by atoms with van der Waals surface area (Å²) in [5, 5.41) is 8.38. The predicted molar refractivity (Wildman–Crippen MR) is 40.8 cm³/mol. The van der Waals surface area contributed by atoms with Crippen LogP contribution >= 0.6 is 0 Å². The molecule has 0 bridgehead atoms. The highest BCUT2D eigenvalue weighted by atomic mass is 16.3. The molecule has 0 aliphatic heterocycles. The molecule has 60 valence electrons. The fourth-order valence-electron chi connectivity index (χ4n) is 0.593. The molecule has 0 saturated heterocycles. The largest absolute Gasteiger partial charge is 0.389 e. The second kappa shape index (κ2) is 3.71. The number of carbonyl (C=O) groups excluding carboxylic acids is 1. The van der Waals surface area contributed by atoms with E-state index in [2.05, 4.69) is 20.8 Å². The maximum atomic E-state index is 10.6. The van der Waals surface area contributed by atoms with Crippen LogP contribution in [0.2, 0.25) is 0 Å². The number of hydrogen-bond donors (Lipinski definition) is 1. The van der Waals surface area contributed by atoms with Gasteiger partial charge in [-0.2, -0.15) is 0 Å². The molecule has 0 saturated carbocycles. The first kappa shape index (κ1) is 9.63. The summed E-state index contributed by atoms with van der Waals surface area (Å²) in [4.78, 5) is 10.6. The Morgan fingerprint density at radius 1 is 1.40 bits per heavy atom. The Balaban J connectivity index is 3.46. The van der Waals surface area contributed by atoms with E-state index in [9.17, 15) is 4.79 Å². The van der Waals surface area contributed by atoms with Crippen LogP contribution in [-0.2, 0) is 4.79 Å². The Kier molecular flexibility index (Phi) is 3.58. The van der Waals surface area contributed by atoms with E-state index < -0.39 is 0 Å². The fourth-order valence-corrected chi connectivity index (χ4v) is 0.593. The first-order valence-electron chi connectivity index (χ1n) is 3.58. The van der Waals surface area contributed by atoms with Crippen molar-refractivity contribution in [2.24, 2.45) is 5.41 Å². The van der Waals surface area contributed by atoms with Gasteiger partial charge in [-0.15, -0.1) is 0 Å². The SMILES string of the molecule is CC(C)(C)CCC(=O)CO. The zero-order valence-electron chi connectivity index (χ0n) is 6.98. The van der Waals surface area contributed by atoms with Gasteiger partial charge in [0.15, 0.2) is 5.78 Å². The predicted octanol–water partition coefficient (Wildman–Crippen LogP) is 1.37. The number of rotatable bonds is 3. The van der Waals surface area contributed by atoms with Crippen molar-refractivity contribution >= 4 is 5.78 Å². The third kappa shape index (κ3) is 5.76. The highest BCUT2D eigenvalue weighted by Crippen LogP contribution is 2.20. The number of hydrogen-bond acceptors (Lipinski definition) is 2. The third-order valence-electron chi connectivity index (χ3n) is 1.33. The van der Waals surface area contributed by atoms with Gasteiger partial charge in [-0.3, -0.25) is 4.79 Å². The van der Waals surface area contributed by atoms with Crippen molar-refractivity contribution in [2.45, 2.75) is 33.6 Å². The van der Waals surface area contributed by atoms with Crippen molar-refractivity contribution in [2.75, 3.05) is 6.61 Å². The van der Waals surface area contributed by atoms with E-state index in [1.165, 1.54) is 0 Å². The molecule has 0 aromatic rings. The molecule has 0 aliphatic rings. The molecule has 0 rings (SSSR count). The van der Waals surface area contributed by atoms with Gasteiger partial charge in [-0.25, -0.2) is 0 Å². The molecule has 2 nitrogen and oxygen atoms in total. The van der Waals surface area contributed by atoms with Gasteiger partial charge in [0.2, 0.25) is 0 Å². The second-order valence-electron chi connectivity index (χ2n) is 3.76. The third-order valence-corrected chi connectivity index (χ3v) is 1.33. The fraction of sp³-hybridized carbons (Fsp3) is 0.875. The van der Waals surface area contributed by atoms with E-state index in [4.69, 9.17) is 5.11 Å². The molecular formula is C8H16O2. The molecule has 0 aromatic carbocycles. The standard InChI is InChI=1S/C8H16O2/c1-8(2,3)5-4-7(10)6-9/h9H,4-6H2,1-3H3. The molecule has 0 amide bonds. The van der Waals surface area contributed by atoms with Gasteiger partial charge in [-0.1, -0.05) is 20.8 Å². The van der Waals surface area contributed by atoms with Crippen LogP contribution < -0.4 is 0 Å². The molecule has 0 heterocycles. The van der Waals surface area contributed by atoms with Crippen LogP contribution in [0.25, 0.3) is 0 Å². The number of ketones is 1. The zero-order chi connectivity index (χ0) is 8.20. The van der Waals surface area contributed by atoms with Crippen LogP contribution in [0.5, 0.6) is 0 Å².